The van der Waals surface area contributed by atoms with Gasteiger partial charge < -0.3 is 5.32 Å². The van der Waals surface area contributed by atoms with Crippen molar-refractivity contribution < 1.29 is 13.2 Å². The first-order valence-corrected chi connectivity index (χ1v) is 11.9. The zero-order valence-electron chi connectivity index (χ0n) is 16.2. The van der Waals surface area contributed by atoms with Gasteiger partial charge in [0.05, 0.1) is 11.4 Å². The molecule has 1 aliphatic heterocycles. The fourth-order valence-electron chi connectivity index (χ4n) is 3.09. The van der Waals surface area contributed by atoms with Gasteiger partial charge in [0.1, 0.15) is 5.01 Å². The Labute approximate surface area is 170 Å². The van der Waals surface area contributed by atoms with Crippen molar-refractivity contribution in [2.24, 2.45) is 5.92 Å². The van der Waals surface area contributed by atoms with E-state index in [1.165, 1.54) is 27.8 Å². The van der Waals surface area contributed by atoms with Crippen molar-refractivity contribution >= 4 is 32.3 Å². The van der Waals surface area contributed by atoms with E-state index >= 15 is 0 Å². The minimum Gasteiger partial charge on any atom is -0.353 e. The number of Topliss-reactive ketones (excluding diaryl/α,β-unsaturated/α-hetero) is 1. The molecule has 1 N–H and O–H groups in total. The van der Waals surface area contributed by atoms with E-state index in [1.807, 2.05) is 0 Å². The number of hydrogen-bond donors (Lipinski definition) is 1. The van der Waals surface area contributed by atoms with Crippen molar-refractivity contribution in [3.8, 4) is 0 Å². The molecule has 3 rings (SSSR count). The minimum atomic E-state index is -3.50. The maximum Gasteiger partial charge on any atom is 0.243 e. The normalized spacial score (nSPS) is 16.2. The van der Waals surface area contributed by atoms with Gasteiger partial charge in [-0.1, -0.05) is 25.2 Å². The highest BCUT2D eigenvalue weighted by molar-refractivity contribution is 7.89. The molecule has 0 aliphatic carbocycles. The Morgan fingerprint density at radius 3 is 2.54 bits per heavy atom. The van der Waals surface area contributed by atoms with Crippen LogP contribution in [0.4, 0.5) is 5.13 Å². The highest BCUT2D eigenvalue weighted by Gasteiger charge is 2.28. The maximum atomic E-state index is 12.8. The van der Waals surface area contributed by atoms with E-state index in [1.54, 1.807) is 12.1 Å². The van der Waals surface area contributed by atoms with Gasteiger partial charge in [0.2, 0.25) is 15.2 Å². The number of rotatable bonds is 8. The smallest absolute Gasteiger partial charge is 0.243 e. The van der Waals surface area contributed by atoms with Crippen molar-refractivity contribution in [2.45, 2.75) is 44.4 Å². The third-order valence-corrected chi connectivity index (χ3v) is 7.74. The Bertz CT molecular complexity index is 902. The van der Waals surface area contributed by atoms with Gasteiger partial charge in [-0.05, 0) is 49.4 Å². The summed E-state index contributed by atoms with van der Waals surface area (Å²) in [6.07, 6.45) is 3.64. The Balaban J connectivity index is 1.60. The van der Waals surface area contributed by atoms with Crippen molar-refractivity contribution in [2.75, 3.05) is 25.0 Å². The van der Waals surface area contributed by atoms with E-state index in [2.05, 4.69) is 29.4 Å². The summed E-state index contributed by atoms with van der Waals surface area (Å²) in [5.74, 6) is 0.438. The third-order valence-electron chi connectivity index (χ3n) is 4.89. The number of nitrogens with one attached hydrogen (secondary N) is 1. The molecule has 0 spiro atoms. The number of sulfonamides is 1. The standard InChI is InChI=1S/C19H26N4O3S2/c1-3-4-18-21-22-19(27-18)20-13-17(24)15-5-7-16(8-6-15)28(25,26)23-11-9-14(2)10-12-23/h5-8,14H,3-4,9-13H2,1-2H3,(H,20,22). The molecular weight excluding hydrogens is 396 g/mol. The van der Waals surface area contributed by atoms with Crippen molar-refractivity contribution in [3.63, 3.8) is 0 Å². The molecule has 0 atom stereocenters. The van der Waals surface area contributed by atoms with Crippen LogP contribution < -0.4 is 5.32 Å². The van der Waals surface area contributed by atoms with Crippen LogP contribution in [0, 0.1) is 5.92 Å². The topological polar surface area (TPSA) is 92.3 Å². The molecule has 0 saturated carbocycles. The molecule has 2 heterocycles. The zero-order chi connectivity index (χ0) is 20.1. The second kappa shape index (κ2) is 9.11. The molecule has 28 heavy (non-hydrogen) atoms. The lowest BCUT2D eigenvalue weighted by Gasteiger charge is -2.29. The zero-order valence-corrected chi connectivity index (χ0v) is 17.9. The maximum absolute atomic E-state index is 12.8. The Kier molecular flexibility index (Phi) is 6.79. The van der Waals surface area contributed by atoms with Crippen molar-refractivity contribution in [1.82, 2.24) is 14.5 Å². The lowest BCUT2D eigenvalue weighted by Crippen LogP contribution is -2.37. The summed E-state index contributed by atoms with van der Waals surface area (Å²) >= 11 is 1.45. The fraction of sp³-hybridized carbons (Fsp3) is 0.526. The third kappa shape index (κ3) is 4.95. The number of benzene rings is 1. The molecule has 2 aromatic rings. The van der Waals surface area contributed by atoms with Gasteiger partial charge in [0.25, 0.3) is 0 Å². The lowest BCUT2D eigenvalue weighted by molar-refractivity contribution is 0.101. The number of carbonyl (C=O) groups excluding carboxylic acids is 1. The molecule has 1 fully saturated rings. The molecule has 0 radical (unpaired) electrons. The number of piperidine rings is 1. The molecule has 1 aliphatic rings. The quantitative estimate of drug-likeness (QED) is 0.657. The second-order valence-electron chi connectivity index (χ2n) is 7.14. The van der Waals surface area contributed by atoms with E-state index in [0.29, 0.717) is 29.7 Å². The van der Waals surface area contributed by atoms with E-state index in [9.17, 15) is 13.2 Å². The number of hydrogen-bond acceptors (Lipinski definition) is 7. The van der Waals surface area contributed by atoms with E-state index in [-0.39, 0.29) is 17.2 Å². The minimum absolute atomic E-state index is 0.0941. The number of anilines is 1. The largest absolute Gasteiger partial charge is 0.353 e. The van der Waals surface area contributed by atoms with Crippen LogP contribution in [-0.4, -0.2) is 48.3 Å². The summed E-state index contributed by atoms with van der Waals surface area (Å²) in [7, 11) is -3.50. The second-order valence-corrected chi connectivity index (χ2v) is 10.1. The van der Waals surface area contributed by atoms with Gasteiger partial charge in [-0.15, -0.1) is 10.2 Å². The SMILES string of the molecule is CCCc1nnc(NCC(=O)c2ccc(S(=O)(=O)N3CCC(C)CC3)cc2)s1. The van der Waals surface area contributed by atoms with Gasteiger partial charge in [-0.2, -0.15) is 4.31 Å². The Morgan fingerprint density at radius 2 is 1.89 bits per heavy atom. The predicted molar refractivity (Wildman–Crippen MR) is 110 cm³/mol. The average molecular weight is 423 g/mol. The van der Waals surface area contributed by atoms with Crippen LogP contribution in [0.3, 0.4) is 0 Å². The first-order valence-electron chi connectivity index (χ1n) is 9.60. The molecule has 1 aromatic heterocycles. The number of nitrogens with zero attached hydrogens (tertiary/aromatic N) is 3. The monoisotopic (exact) mass is 422 g/mol. The molecule has 152 valence electrons. The Morgan fingerprint density at radius 1 is 1.21 bits per heavy atom. The molecule has 9 heteroatoms. The van der Waals surface area contributed by atoms with Crippen LogP contribution >= 0.6 is 11.3 Å². The van der Waals surface area contributed by atoms with Crippen LogP contribution in [0.1, 0.15) is 48.5 Å². The van der Waals surface area contributed by atoms with E-state index in [0.717, 1.165) is 30.7 Å². The number of ketones is 1. The lowest BCUT2D eigenvalue weighted by atomic mass is 10.0. The molecule has 1 aromatic carbocycles. The van der Waals surface area contributed by atoms with Crippen molar-refractivity contribution in [1.29, 1.82) is 0 Å². The van der Waals surface area contributed by atoms with Gasteiger partial charge in [0.15, 0.2) is 5.78 Å². The molecule has 0 bridgehead atoms. The molecule has 0 unspecified atom stereocenters. The summed E-state index contributed by atoms with van der Waals surface area (Å²) in [6.45, 7) is 5.42. The first kappa shape index (κ1) is 20.9. The van der Waals surface area contributed by atoms with Crippen LogP contribution in [0.25, 0.3) is 0 Å². The fourth-order valence-corrected chi connectivity index (χ4v) is 5.39. The van der Waals surface area contributed by atoms with Gasteiger partial charge >= 0.3 is 0 Å². The predicted octanol–water partition coefficient (Wildman–Crippen LogP) is 3.21. The van der Waals surface area contributed by atoms with Crippen molar-refractivity contribution in [3.05, 3.63) is 34.8 Å². The van der Waals surface area contributed by atoms with Gasteiger partial charge in [0, 0.05) is 25.1 Å². The molecule has 0 amide bonds. The van der Waals surface area contributed by atoms with Crippen LogP contribution in [0.2, 0.25) is 0 Å². The van der Waals surface area contributed by atoms with Gasteiger partial charge in [-0.3, -0.25) is 4.79 Å². The number of aromatic nitrogens is 2. The number of aryl methyl sites for hydroxylation is 1. The van der Waals surface area contributed by atoms with Crippen LogP contribution in [0.15, 0.2) is 29.2 Å². The average Bonchev–Trinajstić information content (AvgIpc) is 3.14. The van der Waals surface area contributed by atoms with Crippen LogP contribution in [0.5, 0.6) is 0 Å². The summed E-state index contributed by atoms with van der Waals surface area (Å²) in [5.41, 5.74) is 0.469. The highest BCUT2D eigenvalue weighted by atomic mass is 32.2. The number of carbonyl (C=O) groups is 1. The first-order chi connectivity index (χ1) is 13.4. The summed E-state index contributed by atoms with van der Waals surface area (Å²) in [4.78, 5) is 12.6. The Hall–Kier alpha value is -1.84. The summed E-state index contributed by atoms with van der Waals surface area (Å²) in [6, 6.07) is 6.19. The molecular formula is C19H26N4O3S2. The molecule has 1 saturated heterocycles. The van der Waals surface area contributed by atoms with E-state index < -0.39 is 10.0 Å². The van der Waals surface area contributed by atoms with Crippen LogP contribution in [-0.2, 0) is 16.4 Å². The molecule has 7 nitrogen and oxygen atoms in total. The highest BCUT2D eigenvalue weighted by Crippen LogP contribution is 2.24. The summed E-state index contributed by atoms with van der Waals surface area (Å²) < 4.78 is 27.0. The summed E-state index contributed by atoms with van der Waals surface area (Å²) in [5, 5.41) is 12.6. The van der Waals surface area contributed by atoms with E-state index in [4.69, 9.17) is 0 Å². The van der Waals surface area contributed by atoms with Gasteiger partial charge in [-0.25, -0.2) is 8.42 Å².